The second-order valence-electron chi connectivity index (χ2n) is 0.378. The van der Waals surface area contributed by atoms with Gasteiger partial charge in [-0.25, -0.2) is 0 Å². The summed E-state index contributed by atoms with van der Waals surface area (Å²) >= 11 is 0. The molecule has 0 amide bonds. The molecule has 0 fully saturated rings. The molecule has 0 bridgehead atoms. The van der Waals surface area contributed by atoms with E-state index in [-0.39, 0.29) is 0 Å². The number of hydrogen-bond donors (Lipinski definition) is 0. The molecule has 0 aromatic carbocycles. The summed E-state index contributed by atoms with van der Waals surface area (Å²) in [5, 5.41) is 12.0. The van der Waals surface area contributed by atoms with Crippen molar-refractivity contribution in [2.75, 3.05) is 0 Å². The van der Waals surface area contributed by atoms with Crippen molar-refractivity contribution >= 4 is 29.6 Å². The summed E-state index contributed by atoms with van der Waals surface area (Å²) in [6, 6.07) is 0. The van der Waals surface area contributed by atoms with Gasteiger partial charge in [0, 0.05) is 32.2 Å². The number of nitrogens with zero attached hydrogens (tertiary/aromatic N) is 2. The summed E-state index contributed by atoms with van der Waals surface area (Å²) in [5.74, 6) is 0. The first-order chi connectivity index (χ1) is 3.00. The Morgan fingerprint density at radius 3 is 1.14 bits per heavy atom. The van der Waals surface area contributed by atoms with E-state index in [1.54, 1.807) is 0 Å². The van der Waals surface area contributed by atoms with E-state index in [0.29, 0.717) is 0 Å². The van der Waals surface area contributed by atoms with E-state index in [4.69, 9.17) is 19.2 Å². The van der Waals surface area contributed by atoms with Gasteiger partial charge in [-0.15, -0.1) is 0 Å². The third kappa shape index (κ3) is 37100. The molecule has 7 heteroatoms. The van der Waals surface area contributed by atoms with E-state index in [0.717, 1.165) is 0 Å². The molecule has 0 saturated carbocycles. The van der Waals surface area contributed by atoms with Crippen molar-refractivity contribution in [1.82, 2.24) is 0 Å². The van der Waals surface area contributed by atoms with Gasteiger partial charge in [-0.05, 0) is 0 Å². The summed E-state index contributed by atoms with van der Waals surface area (Å²) in [6.45, 7) is 0. The van der Waals surface area contributed by atoms with Crippen molar-refractivity contribution in [3.63, 3.8) is 0 Å². The van der Waals surface area contributed by atoms with Crippen molar-refractivity contribution in [2.45, 2.75) is 0 Å². The second kappa shape index (κ2) is 4.12. The van der Waals surface area contributed by atoms with Gasteiger partial charge in [-0.3, -0.25) is 0 Å². The summed E-state index contributed by atoms with van der Waals surface area (Å²) < 4.78 is 18.3. The monoisotopic (exact) mass is 162 g/mol. The molecule has 0 saturated heterocycles. The maximum atomic E-state index is 9.16. The first kappa shape index (κ1) is 10.0. The van der Waals surface area contributed by atoms with Crippen LogP contribution in [0.2, 0.25) is 0 Å². The van der Waals surface area contributed by atoms with Crippen LogP contribution in [0.3, 0.4) is 0 Å². The molecular formula is Cl2N2O2S. The van der Waals surface area contributed by atoms with E-state index in [1.807, 2.05) is 0 Å². The highest BCUT2D eigenvalue weighted by Gasteiger charge is 1.88. The quantitative estimate of drug-likeness (QED) is 0.389. The predicted molar refractivity (Wildman–Crippen MR) is 24.1 cm³/mol. The van der Waals surface area contributed by atoms with Crippen LogP contribution >= 0.6 is 21.4 Å². The molecule has 0 unspecified atom stereocenters. The molecule has 0 atom stereocenters. The number of halogens is 2. The summed E-state index contributed by atoms with van der Waals surface area (Å²) in [4.78, 5) is 0. The molecule has 0 rings (SSSR count). The van der Waals surface area contributed by atoms with Gasteiger partial charge >= 0.3 is 8.26 Å². The molecular weight excluding hydrogens is 163 g/mol. The number of rotatable bonds is 0. The van der Waals surface area contributed by atoms with E-state index >= 15 is 0 Å². The van der Waals surface area contributed by atoms with Crippen LogP contribution in [0.15, 0.2) is 0 Å². The van der Waals surface area contributed by atoms with Crippen LogP contribution in [0.25, 0.3) is 0 Å². The van der Waals surface area contributed by atoms with Gasteiger partial charge in [-0.1, -0.05) is 0 Å². The topological polar surface area (TPSA) is 81.7 Å². The Morgan fingerprint density at radius 2 is 1.14 bits per heavy atom. The van der Waals surface area contributed by atoms with Crippen LogP contribution in [0.4, 0.5) is 0 Å². The van der Waals surface area contributed by atoms with Gasteiger partial charge in [0.1, 0.15) is 0 Å². The third-order valence-corrected chi connectivity index (χ3v) is 0. The van der Waals surface area contributed by atoms with Crippen molar-refractivity contribution in [3.05, 3.63) is 0 Å². The van der Waals surface area contributed by atoms with Crippen molar-refractivity contribution < 1.29 is 8.42 Å². The normalized spacial score (nSPS) is 8.57. The molecule has 0 aliphatic carbocycles. The molecule has 4 nitrogen and oxygen atoms in total. The molecule has 7 heavy (non-hydrogen) atoms. The molecule has 0 spiro atoms. The standard InChI is InChI=1S/Cl2O2S.N2/c1-5(2,3)4;1-2. The zero-order chi connectivity index (χ0) is 6.50. The lowest BCUT2D eigenvalue weighted by Gasteiger charge is -1.61. The van der Waals surface area contributed by atoms with Crippen molar-refractivity contribution in [1.29, 1.82) is 10.8 Å². The Morgan fingerprint density at radius 1 is 1.14 bits per heavy atom. The summed E-state index contributed by atoms with van der Waals surface area (Å²) in [7, 11) is 4.81. The Labute approximate surface area is 49.4 Å². The molecule has 0 N–H and O–H groups in total. The zero-order valence-corrected chi connectivity index (χ0v) is 5.20. The smallest absolute Gasteiger partial charge is 0.195 e. The minimum atomic E-state index is -3.72. The van der Waals surface area contributed by atoms with Crippen LogP contribution in [0.1, 0.15) is 0 Å². The lowest BCUT2D eigenvalue weighted by atomic mass is 13.4. The van der Waals surface area contributed by atoms with Gasteiger partial charge < -0.3 is 0 Å². The fourth-order valence-corrected chi connectivity index (χ4v) is 0. The van der Waals surface area contributed by atoms with Gasteiger partial charge in [0.2, 0.25) is 0 Å². The van der Waals surface area contributed by atoms with E-state index < -0.39 is 8.26 Å². The second-order valence-corrected chi connectivity index (χ2v) is 4.05. The highest BCUT2D eigenvalue weighted by Crippen LogP contribution is 1.98. The lowest BCUT2D eigenvalue weighted by molar-refractivity contribution is 0.621. The highest BCUT2D eigenvalue weighted by molar-refractivity contribution is 8.31. The maximum absolute atomic E-state index is 9.16. The van der Waals surface area contributed by atoms with Crippen molar-refractivity contribution in [2.24, 2.45) is 0 Å². The fraction of sp³-hybridized carbons (Fsp3) is 0. The summed E-state index contributed by atoms with van der Waals surface area (Å²) in [5.41, 5.74) is 0. The van der Waals surface area contributed by atoms with E-state index in [2.05, 4.69) is 21.4 Å². The first-order valence-corrected chi connectivity index (χ1v) is 3.98. The average Bonchev–Trinajstić information content (AvgIpc) is 1.36. The molecule has 0 aromatic rings. The van der Waals surface area contributed by atoms with Crippen LogP contribution in [-0.4, -0.2) is 8.42 Å². The minimum Gasteiger partial charge on any atom is -0.195 e. The SMILES string of the molecule is N#N.O=S(=O)(Cl)Cl. The molecule has 0 aliphatic heterocycles. The highest BCUT2D eigenvalue weighted by atomic mass is 36.0. The predicted octanol–water partition coefficient (Wildman–Crippen LogP) is 0.739. The summed E-state index contributed by atoms with van der Waals surface area (Å²) in [6.07, 6.45) is 0. The van der Waals surface area contributed by atoms with Gasteiger partial charge in [0.25, 0.3) is 0 Å². The zero-order valence-electron chi connectivity index (χ0n) is 2.88. The van der Waals surface area contributed by atoms with E-state index in [1.165, 1.54) is 0 Å². The van der Waals surface area contributed by atoms with E-state index in [9.17, 15) is 0 Å². The first-order valence-electron chi connectivity index (χ1n) is 0.842. The molecule has 0 aliphatic rings. The van der Waals surface area contributed by atoms with Crippen LogP contribution in [-0.2, 0) is 8.26 Å². The van der Waals surface area contributed by atoms with Crippen LogP contribution in [0, 0.1) is 10.8 Å². The maximum Gasteiger partial charge on any atom is 0.317 e. The van der Waals surface area contributed by atoms with Crippen molar-refractivity contribution in [3.8, 4) is 0 Å². The van der Waals surface area contributed by atoms with Crippen LogP contribution in [0.5, 0.6) is 0 Å². The molecule has 0 heterocycles. The fourth-order valence-electron chi connectivity index (χ4n) is 0. The Kier molecular flexibility index (Phi) is 5.91. The van der Waals surface area contributed by atoms with Gasteiger partial charge in [0.15, 0.2) is 0 Å². The Bertz CT molecular complexity index is 125. The van der Waals surface area contributed by atoms with Gasteiger partial charge in [-0.2, -0.15) is 8.42 Å². The molecule has 42 valence electrons. The average molecular weight is 163 g/mol. The van der Waals surface area contributed by atoms with Crippen LogP contribution < -0.4 is 0 Å². The largest absolute Gasteiger partial charge is 0.317 e. The Balaban J connectivity index is 0. The lowest BCUT2D eigenvalue weighted by Crippen LogP contribution is -1.63. The minimum absolute atomic E-state index is 3.72. The molecule has 0 radical (unpaired) electrons. The molecule has 0 aromatic heterocycles. The van der Waals surface area contributed by atoms with Gasteiger partial charge in [0.05, 0.1) is 0 Å². The third-order valence-electron chi connectivity index (χ3n) is 0. The number of hydrogen-bond acceptors (Lipinski definition) is 4. The Hall–Kier alpha value is -0.0500.